The molecule has 0 bridgehead atoms. The molecular weight excluding hydrogens is 148 g/mol. The van der Waals surface area contributed by atoms with Gasteiger partial charge in [0.15, 0.2) is 0 Å². The first kappa shape index (κ1) is 9.53. The Hall–Kier alpha value is -0.560. The van der Waals surface area contributed by atoms with Crippen molar-refractivity contribution in [1.82, 2.24) is 0 Å². The molecule has 0 saturated carbocycles. The first-order chi connectivity index (χ1) is 5.70. The quantitative estimate of drug-likeness (QED) is 0.612. The van der Waals surface area contributed by atoms with Crippen LogP contribution in [0.25, 0.3) is 0 Å². The van der Waals surface area contributed by atoms with Gasteiger partial charge in [0.1, 0.15) is 0 Å². The van der Waals surface area contributed by atoms with E-state index in [1.54, 1.807) is 7.11 Å². The number of allylic oxidation sites excluding steroid dienone is 3. The first-order valence-electron chi connectivity index (χ1n) is 4.63. The fourth-order valence-corrected chi connectivity index (χ4v) is 1.41. The molecular formula is C11H18O. The molecule has 0 spiro atoms. The molecule has 1 heteroatoms. The second-order valence-corrected chi connectivity index (χ2v) is 3.52. The third-order valence-corrected chi connectivity index (χ3v) is 2.57. The van der Waals surface area contributed by atoms with Gasteiger partial charge in [0.2, 0.25) is 0 Å². The van der Waals surface area contributed by atoms with Gasteiger partial charge in [-0.1, -0.05) is 30.7 Å². The van der Waals surface area contributed by atoms with Gasteiger partial charge >= 0.3 is 0 Å². The Morgan fingerprint density at radius 2 is 2.33 bits per heavy atom. The van der Waals surface area contributed by atoms with E-state index in [1.807, 2.05) is 0 Å². The summed E-state index contributed by atoms with van der Waals surface area (Å²) in [6.45, 7) is 4.32. The Kier molecular flexibility index (Phi) is 3.10. The molecule has 0 saturated heterocycles. The summed E-state index contributed by atoms with van der Waals surface area (Å²) < 4.78 is 5.43. The van der Waals surface area contributed by atoms with Crippen molar-refractivity contribution in [3.05, 3.63) is 23.8 Å². The van der Waals surface area contributed by atoms with E-state index < -0.39 is 0 Å². The Bertz CT molecular complexity index is 203. The fraction of sp³-hybridized carbons (Fsp3) is 0.636. The Morgan fingerprint density at radius 1 is 1.58 bits per heavy atom. The van der Waals surface area contributed by atoms with E-state index in [2.05, 4.69) is 32.1 Å². The summed E-state index contributed by atoms with van der Waals surface area (Å²) in [6.07, 6.45) is 10.0. The maximum absolute atomic E-state index is 5.43. The summed E-state index contributed by atoms with van der Waals surface area (Å²) in [5, 5.41) is 0. The van der Waals surface area contributed by atoms with Crippen LogP contribution in [0.1, 0.15) is 33.1 Å². The normalized spacial score (nSPS) is 29.8. The highest BCUT2D eigenvalue weighted by molar-refractivity contribution is 5.23. The van der Waals surface area contributed by atoms with E-state index in [0.29, 0.717) is 0 Å². The molecule has 0 heterocycles. The molecule has 0 N–H and O–H groups in total. The summed E-state index contributed by atoms with van der Waals surface area (Å²) in [7, 11) is 1.78. The Labute approximate surface area is 75.1 Å². The molecule has 0 aromatic carbocycles. The second kappa shape index (κ2) is 3.90. The molecule has 0 aromatic heterocycles. The predicted molar refractivity (Wildman–Crippen MR) is 52.2 cm³/mol. The van der Waals surface area contributed by atoms with E-state index in [4.69, 9.17) is 4.74 Å². The molecule has 1 rings (SSSR count). The number of hydrogen-bond acceptors (Lipinski definition) is 1. The molecule has 0 amide bonds. The van der Waals surface area contributed by atoms with Gasteiger partial charge in [-0.25, -0.2) is 0 Å². The molecule has 1 aliphatic rings. The highest BCUT2D eigenvalue weighted by atomic mass is 16.5. The monoisotopic (exact) mass is 166 g/mol. The van der Waals surface area contributed by atoms with Crippen LogP contribution in [-0.4, -0.2) is 12.7 Å². The molecule has 0 radical (unpaired) electrons. The number of rotatable bonds is 2. The maximum Gasteiger partial charge on any atom is 0.0836 e. The molecule has 0 aliphatic heterocycles. The smallest absolute Gasteiger partial charge is 0.0836 e. The van der Waals surface area contributed by atoms with Crippen LogP contribution in [0.3, 0.4) is 0 Å². The minimum absolute atomic E-state index is 0.0482. The summed E-state index contributed by atoms with van der Waals surface area (Å²) in [6, 6.07) is 0. The van der Waals surface area contributed by atoms with Gasteiger partial charge < -0.3 is 4.74 Å². The fourth-order valence-electron chi connectivity index (χ4n) is 1.41. The highest BCUT2D eigenvalue weighted by Gasteiger charge is 2.20. The summed E-state index contributed by atoms with van der Waals surface area (Å²) >= 11 is 0. The van der Waals surface area contributed by atoms with Crippen LogP contribution in [0.5, 0.6) is 0 Å². The van der Waals surface area contributed by atoms with Crippen molar-refractivity contribution in [2.45, 2.75) is 38.7 Å². The van der Waals surface area contributed by atoms with Gasteiger partial charge in [-0.05, 0) is 26.2 Å². The lowest BCUT2D eigenvalue weighted by molar-refractivity contribution is 0.0427. The van der Waals surface area contributed by atoms with Gasteiger partial charge in [0.05, 0.1) is 5.60 Å². The van der Waals surface area contributed by atoms with E-state index in [9.17, 15) is 0 Å². The van der Waals surface area contributed by atoms with Crippen molar-refractivity contribution >= 4 is 0 Å². The third kappa shape index (κ3) is 2.21. The van der Waals surface area contributed by atoms with E-state index in [0.717, 1.165) is 19.3 Å². The second-order valence-electron chi connectivity index (χ2n) is 3.52. The molecule has 1 nitrogen and oxygen atoms in total. The number of hydrogen-bond donors (Lipinski definition) is 0. The minimum Gasteiger partial charge on any atom is -0.374 e. The summed E-state index contributed by atoms with van der Waals surface area (Å²) in [4.78, 5) is 0. The van der Waals surface area contributed by atoms with Crippen molar-refractivity contribution in [3.63, 3.8) is 0 Å². The van der Waals surface area contributed by atoms with Crippen LogP contribution in [0.4, 0.5) is 0 Å². The van der Waals surface area contributed by atoms with Gasteiger partial charge in [-0.3, -0.25) is 0 Å². The van der Waals surface area contributed by atoms with Crippen LogP contribution in [-0.2, 0) is 4.74 Å². The Morgan fingerprint density at radius 3 is 2.92 bits per heavy atom. The SMILES string of the molecule is CCC1=CCCC(C)(OC)C=C1. The van der Waals surface area contributed by atoms with Gasteiger partial charge in [0, 0.05) is 7.11 Å². The summed E-state index contributed by atoms with van der Waals surface area (Å²) in [5.74, 6) is 0. The zero-order valence-electron chi connectivity index (χ0n) is 8.26. The van der Waals surface area contributed by atoms with Crippen LogP contribution < -0.4 is 0 Å². The van der Waals surface area contributed by atoms with Crippen molar-refractivity contribution in [2.75, 3.05) is 7.11 Å². The lowest BCUT2D eigenvalue weighted by Gasteiger charge is -2.22. The zero-order chi connectivity index (χ0) is 9.03. The van der Waals surface area contributed by atoms with Gasteiger partial charge in [-0.2, -0.15) is 0 Å². The molecule has 0 aromatic rings. The standard InChI is InChI=1S/C11H18O/c1-4-10-6-5-8-11(2,12-3)9-7-10/h6-7,9H,4-5,8H2,1-3H3. The lowest BCUT2D eigenvalue weighted by atomic mass is 10.0. The predicted octanol–water partition coefficient (Wildman–Crippen LogP) is 3.08. The van der Waals surface area contributed by atoms with Gasteiger partial charge in [-0.15, -0.1) is 0 Å². The molecule has 1 atom stereocenters. The average Bonchev–Trinajstić information content (AvgIpc) is 2.28. The number of methoxy groups -OCH3 is 1. The molecule has 68 valence electrons. The maximum atomic E-state index is 5.43. The average molecular weight is 166 g/mol. The van der Waals surface area contributed by atoms with Crippen molar-refractivity contribution < 1.29 is 4.74 Å². The minimum atomic E-state index is -0.0482. The van der Waals surface area contributed by atoms with Crippen LogP contribution in [0.2, 0.25) is 0 Å². The first-order valence-corrected chi connectivity index (χ1v) is 4.63. The topological polar surface area (TPSA) is 9.23 Å². The number of ether oxygens (including phenoxy) is 1. The van der Waals surface area contributed by atoms with Crippen LogP contribution in [0.15, 0.2) is 23.8 Å². The summed E-state index contributed by atoms with van der Waals surface area (Å²) in [5.41, 5.74) is 1.38. The van der Waals surface area contributed by atoms with Gasteiger partial charge in [0.25, 0.3) is 0 Å². The van der Waals surface area contributed by atoms with Crippen molar-refractivity contribution in [2.24, 2.45) is 0 Å². The van der Waals surface area contributed by atoms with E-state index in [-0.39, 0.29) is 5.60 Å². The molecule has 12 heavy (non-hydrogen) atoms. The largest absolute Gasteiger partial charge is 0.374 e. The van der Waals surface area contributed by atoms with E-state index >= 15 is 0 Å². The van der Waals surface area contributed by atoms with Crippen molar-refractivity contribution in [1.29, 1.82) is 0 Å². The Balaban J connectivity index is 2.70. The van der Waals surface area contributed by atoms with Crippen LogP contribution in [0, 0.1) is 0 Å². The molecule has 1 unspecified atom stereocenters. The van der Waals surface area contributed by atoms with Crippen LogP contribution >= 0.6 is 0 Å². The van der Waals surface area contributed by atoms with E-state index in [1.165, 1.54) is 5.57 Å². The zero-order valence-corrected chi connectivity index (χ0v) is 8.26. The molecule has 1 aliphatic carbocycles. The molecule has 0 fully saturated rings. The van der Waals surface area contributed by atoms with Crippen molar-refractivity contribution in [3.8, 4) is 0 Å². The third-order valence-electron chi connectivity index (χ3n) is 2.57. The lowest BCUT2D eigenvalue weighted by Crippen LogP contribution is -2.23. The highest BCUT2D eigenvalue weighted by Crippen LogP contribution is 2.24.